The summed E-state index contributed by atoms with van der Waals surface area (Å²) in [6, 6.07) is 11.0. The van der Waals surface area contributed by atoms with Crippen LogP contribution in [0.3, 0.4) is 0 Å². The number of halogens is 1. The van der Waals surface area contributed by atoms with Gasteiger partial charge in [-0.1, -0.05) is 42.4 Å². The van der Waals surface area contributed by atoms with Gasteiger partial charge in [-0.2, -0.15) is 0 Å². The van der Waals surface area contributed by atoms with E-state index >= 15 is 0 Å². The van der Waals surface area contributed by atoms with E-state index in [1.165, 1.54) is 11.8 Å². The first-order valence-corrected chi connectivity index (χ1v) is 11.7. The van der Waals surface area contributed by atoms with Gasteiger partial charge < -0.3 is 10.6 Å². The number of anilines is 1. The van der Waals surface area contributed by atoms with Crippen molar-refractivity contribution in [2.24, 2.45) is 0 Å². The van der Waals surface area contributed by atoms with Crippen LogP contribution in [0.1, 0.15) is 40.7 Å². The lowest BCUT2D eigenvalue weighted by Gasteiger charge is -2.13. The molecule has 1 heterocycles. The van der Waals surface area contributed by atoms with Crippen LogP contribution in [-0.4, -0.2) is 38.9 Å². The second-order valence-corrected chi connectivity index (χ2v) is 8.82. The molecule has 0 aliphatic rings. The van der Waals surface area contributed by atoms with E-state index in [4.69, 9.17) is 11.6 Å². The quantitative estimate of drug-likeness (QED) is 0.464. The molecule has 2 amide bonds. The fraction of sp³-hybridized carbons (Fsp3) is 0.304. The number of carbonyl (C=O) groups is 2. The van der Waals surface area contributed by atoms with Crippen LogP contribution in [0.2, 0.25) is 5.02 Å². The molecule has 2 aromatic carbocycles. The molecule has 9 heteroatoms. The van der Waals surface area contributed by atoms with Gasteiger partial charge >= 0.3 is 0 Å². The average Bonchev–Trinajstić information content (AvgIpc) is 3.12. The fourth-order valence-electron chi connectivity index (χ4n) is 3.14. The summed E-state index contributed by atoms with van der Waals surface area (Å²) in [5.41, 5.74) is 3.95. The highest BCUT2D eigenvalue weighted by atomic mass is 35.5. The molecule has 32 heavy (non-hydrogen) atoms. The zero-order chi connectivity index (χ0) is 23.3. The summed E-state index contributed by atoms with van der Waals surface area (Å²) in [6.45, 7) is 8.46. The zero-order valence-electron chi connectivity index (χ0n) is 18.5. The summed E-state index contributed by atoms with van der Waals surface area (Å²) in [5, 5.41) is 15.1. The lowest BCUT2D eigenvalue weighted by atomic mass is 10.1. The van der Waals surface area contributed by atoms with E-state index in [1.54, 1.807) is 18.2 Å². The predicted molar refractivity (Wildman–Crippen MR) is 129 cm³/mol. The largest absolute Gasteiger partial charge is 0.352 e. The molecular formula is C23H26ClN5O2S. The average molecular weight is 472 g/mol. The van der Waals surface area contributed by atoms with Gasteiger partial charge in [0.15, 0.2) is 5.16 Å². The fourth-order valence-corrected chi connectivity index (χ4v) is 4.10. The van der Waals surface area contributed by atoms with Crippen molar-refractivity contribution < 1.29 is 9.59 Å². The Kier molecular flexibility index (Phi) is 7.93. The maximum Gasteiger partial charge on any atom is 0.253 e. The van der Waals surface area contributed by atoms with Crippen LogP contribution in [0.25, 0.3) is 5.69 Å². The van der Waals surface area contributed by atoms with Crippen LogP contribution in [0.4, 0.5) is 5.69 Å². The number of amides is 2. The number of aromatic nitrogens is 3. The Morgan fingerprint density at radius 1 is 1.09 bits per heavy atom. The van der Waals surface area contributed by atoms with Gasteiger partial charge in [-0.3, -0.25) is 14.2 Å². The van der Waals surface area contributed by atoms with Crippen molar-refractivity contribution >= 4 is 40.9 Å². The number of nitrogens with zero attached hydrogens (tertiary/aromatic N) is 3. The number of hydrogen-bond acceptors (Lipinski definition) is 5. The van der Waals surface area contributed by atoms with E-state index in [0.29, 0.717) is 28.0 Å². The van der Waals surface area contributed by atoms with Gasteiger partial charge in [0.25, 0.3) is 5.91 Å². The summed E-state index contributed by atoms with van der Waals surface area (Å²) in [7, 11) is 0. The van der Waals surface area contributed by atoms with E-state index in [-0.39, 0.29) is 17.6 Å². The lowest BCUT2D eigenvalue weighted by Crippen LogP contribution is -2.26. The standard InChI is InChI=1S/C23H26ClN5O2S/c1-5-10-25-22(31)18-9-8-17(24)12-19(18)26-21(30)13-32-23-28-27-16(4)29(23)20-11-14(2)6-7-15(20)3/h6-9,11-12H,5,10,13H2,1-4H3,(H,25,31)(H,26,30). The molecule has 0 aliphatic heterocycles. The van der Waals surface area contributed by atoms with Crippen molar-refractivity contribution in [1.82, 2.24) is 20.1 Å². The van der Waals surface area contributed by atoms with E-state index in [1.807, 2.05) is 32.3 Å². The van der Waals surface area contributed by atoms with Crippen molar-refractivity contribution in [2.75, 3.05) is 17.6 Å². The number of hydrogen-bond donors (Lipinski definition) is 2. The molecule has 3 rings (SSSR count). The maximum absolute atomic E-state index is 12.7. The second-order valence-electron chi connectivity index (χ2n) is 7.44. The molecule has 0 saturated carbocycles. The number of rotatable bonds is 8. The Labute approximate surface area is 197 Å². The second kappa shape index (κ2) is 10.7. The molecule has 0 fully saturated rings. The molecule has 1 aromatic heterocycles. The Morgan fingerprint density at radius 3 is 2.62 bits per heavy atom. The Morgan fingerprint density at radius 2 is 1.88 bits per heavy atom. The van der Waals surface area contributed by atoms with Crippen molar-refractivity contribution in [1.29, 1.82) is 0 Å². The highest BCUT2D eigenvalue weighted by Crippen LogP contribution is 2.26. The number of aryl methyl sites for hydroxylation is 3. The van der Waals surface area contributed by atoms with Gasteiger partial charge in [0.2, 0.25) is 5.91 Å². The zero-order valence-corrected chi connectivity index (χ0v) is 20.1. The van der Waals surface area contributed by atoms with E-state index < -0.39 is 0 Å². The highest BCUT2D eigenvalue weighted by Gasteiger charge is 2.17. The number of benzene rings is 2. The predicted octanol–water partition coefficient (Wildman–Crippen LogP) is 4.72. The summed E-state index contributed by atoms with van der Waals surface area (Å²) in [5.74, 6) is 0.323. The lowest BCUT2D eigenvalue weighted by molar-refractivity contribution is -0.113. The molecule has 0 atom stereocenters. The van der Waals surface area contributed by atoms with Crippen LogP contribution >= 0.6 is 23.4 Å². The number of thioether (sulfide) groups is 1. The minimum absolute atomic E-state index is 0.103. The van der Waals surface area contributed by atoms with E-state index in [9.17, 15) is 9.59 Å². The molecule has 3 aromatic rings. The van der Waals surface area contributed by atoms with Crippen molar-refractivity contribution in [3.8, 4) is 5.69 Å². The molecular weight excluding hydrogens is 446 g/mol. The summed E-state index contributed by atoms with van der Waals surface area (Å²) < 4.78 is 1.95. The molecule has 0 aliphatic carbocycles. The smallest absolute Gasteiger partial charge is 0.253 e. The van der Waals surface area contributed by atoms with Crippen LogP contribution in [0.5, 0.6) is 0 Å². The van der Waals surface area contributed by atoms with Gasteiger partial charge in [-0.05, 0) is 62.6 Å². The normalized spacial score (nSPS) is 10.8. The first-order valence-electron chi connectivity index (χ1n) is 10.3. The molecule has 7 nitrogen and oxygen atoms in total. The Bertz CT molecular complexity index is 1150. The molecule has 0 radical (unpaired) electrons. The van der Waals surface area contributed by atoms with Crippen molar-refractivity contribution in [3.05, 3.63) is 63.9 Å². The SMILES string of the molecule is CCCNC(=O)c1ccc(Cl)cc1NC(=O)CSc1nnc(C)n1-c1cc(C)ccc1C. The van der Waals surface area contributed by atoms with Gasteiger partial charge in [0.05, 0.1) is 22.7 Å². The topological polar surface area (TPSA) is 88.9 Å². The third kappa shape index (κ3) is 5.69. The summed E-state index contributed by atoms with van der Waals surface area (Å²) in [6.07, 6.45) is 0.818. The monoisotopic (exact) mass is 471 g/mol. The summed E-state index contributed by atoms with van der Waals surface area (Å²) in [4.78, 5) is 25.1. The number of nitrogens with one attached hydrogen (secondary N) is 2. The number of carbonyl (C=O) groups excluding carboxylic acids is 2. The van der Waals surface area contributed by atoms with E-state index in [2.05, 4.69) is 39.0 Å². The van der Waals surface area contributed by atoms with E-state index in [0.717, 1.165) is 29.1 Å². The maximum atomic E-state index is 12.7. The van der Waals surface area contributed by atoms with Crippen LogP contribution in [0, 0.1) is 20.8 Å². The first-order chi connectivity index (χ1) is 15.3. The summed E-state index contributed by atoms with van der Waals surface area (Å²) >= 11 is 7.37. The van der Waals surface area contributed by atoms with Crippen molar-refractivity contribution in [2.45, 2.75) is 39.3 Å². The molecule has 168 valence electrons. The minimum Gasteiger partial charge on any atom is -0.352 e. The molecule has 0 saturated heterocycles. The van der Waals surface area contributed by atoms with Gasteiger partial charge in [-0.25, -0.2) is 0 Å². The van der Waals surface area contributed by atoms with Gasteiger partial charge in [-0.15, -0.1) is 10.2 Å². The Balaban J connectivity index is 1.75. The molecule has 0 spiro atoms. The molecule has 0 unspecified atom stereocenters. The highest BCUT2D eigenvalue weighted by molar-refractivity contribution is 7.99. The van der Waals surface area contributed by atoms with Crippen LogP contribution in [0.15, 0.2) is 41.6 Å². The van der Waals surface area contributed by atoms with Crippen LogP contribution in [-0.2, 0) is 4.79 Å². The molecule has 0 bridgehead atoms. The van der Waals surface area contributed by atoms with Gasteiger partial charge in [0, 0.05) is 11.6 Å². The Hall–Kier alpha value is -2.84. The minimum atomic E-state index is -0.269. The first kappa shape index (κ1) is 23.8. The third-order valence-corrected chi connectivity index (χ3v) is 5.93. The van der Waals surface area contributed by atoms with Crippen LogP contribution < -0.4 is 10.6 Å². The van der Waals surface area contributed by atoms with Gasteiger partial charge in [0.1, 0.15) is 5.82 Å². The van der Waals surface area contributed by atoms with Crippen molar-refractivity contribution in [3.63, 3.8) is 0 Å². The third-order valence-electron chi connectivity index (χ3n) is 4.77. The molecule has 2 N–H and O–H groups in total.